The summed E-state index contributed by atoms with van der Waals surface area (Å²) in [5.74, 6) is 1.24. The van der Waals surface area contributed by atoms with Crippen molar-refractivity contribution in [3.63, 3.8) is 0 Å². The van der Waals surface area contributed by atoms with Gasteiger partial charge >= 0.3 is 0 Å². The predicted octanol–water partition coefficient (Wildman–Crippen LogP) is 2.39. The number of carbonyl (C=O) groups excluding carboxylic acids is 2. The largest absolute Gasteiger partial charge is 0.342 e. The summed E-state index contributed by atoms with van der Waals surface area (Å²) in [6.45, 7) is 4.00. The van der Waals surface area contributed by atoms with Crippen LogP contribution >= 0.6 is 0 Å². The number of hydrogen-bond donors (Lipinski definition) is 0. The van der Waals surface area contributed by atoms with E-state index in [0.29, 0.717) is 24.2 Å². The number of hydrogen-bond acceptors (Lipinski definition) is 2. The molecular formula is C13H23NO2. The van der Waals surface area contributed by atoms with Gasteiger partial charge in [0.2, 0.25) is 5.91 Å². The van der Waals surface area contributed by atoms with E-state index in [2.05, 4.69) is 0 Å². The van der Waals surface area contributed by atoms with Crippen LogP contribution in [-0.4, -0.2) is 29.7 Å². The highest BCUT2D eigenvalue weighted by molar-refractivity contribution is 5.80. The van der Waals surface area contributed by atoms with Gasteiger partial charge in [-0.05, 0) is 25.2 Å². The molecule has 92 valence electrons. The van der Waals surface area contributed by atoms with Crippen LogP contribution in [0.15, 0.2) is 0 Å². The van der Waals surface area contributed by atoms with Crippen LogP contribution in [0.1, 0.15) is 52.4 Å². The summed E-state index contributed by atoms with van der Waals surface area (Å²) in [5, 5.41) is 0. The fraction of sp³-hybridized carbons (Fsp3) is 0.846. The van der Waals surface area contributed by atoms with Crippen LogP contribution in [0.4, 0.5) is 0 Å². The van der Waals surface area contributed by atoms with E-state index in [1.807, 2.05) is 25.8 Å². The Morgan fingerprint density at radius 3 is 2.00 bits per heavy atom. The van der Waals surface area contributed by atoms with Gasteiger partial charge in [0.1, 0.15) is 5.78 Å². The molecule has 0 bridgehead atoms. The van der Waals surface area contributed by atoms with Crippen LogP contribution in [0.2, 0.25) is 0 Å². The molecule has 1 atom stereocenters. The van der Waals surface area contributed by atoms with E-state index in [4.69, 9.17) is 0 Å². The molecule has 0 aromatic carbocycles. The van der Waals surface area contributed by atoms with Crippen LogP contribution in [-0.2, 0) is 9.59 Å². The SMILES string of the molecule is CC.CN1C(=O)CCC1C1CCC(=O)CC1. The lowest BCUT2D eigenvalue weighted by Gasteiger charge is -2.31. The van der Waals surface area contributed by atoms with E-state index in [1.165, 1.54) is 0 Å². The lowest BCUT2D eigenvalue weighted by atomic mass is 9.82. The molecule has 0 N–H and O–H groups in total. The Bertz CT molecular complexity index is 253. The van der Waals surface area contributed by atoms with Crippen molar-refractivity contribution in [3.05, 3.63) is 0 Å². The monoisotopic (exact) mass is 225 g/mol. The maximum Gasteiger partial charge on any atom is 0.222 e. The maximum atomic E-state index is 11.4. The molecule has 1 aliphatic heterocycles. The number of likely N-dealkylation sites (tertiary alicyclic amines) is 1. The minimum Gasteiger partial charge on any atom is -0.342 e. The first-order chi connectivity index (χ1) is 7.68. The third-order valence-electron chi connectivity index (χ3n) is 3.68. The van der Waals surface area contributed by atoms with Gasteiger partial charge < -0.3 is 4.90 Å². The molecule has 1 unspecified atom stereocenters. The molecule has 2 rings (SSSR count). The van der Waals surface area contributed by atoms with E-state index in [0.717, 1.165) is 32.1 Å². The van der Waals surface area contributed by atoms with E-state index < -0.39 is 0 Å². The zero-order chi connectivity index (χ0) is 12.1. The second-order valence-electron chi connectivity index (χ2n) is 4.49. The first-order valence-electron chi connectivity index (χ1n) is 6.46. The molecule has 3 heteroatoms. The van der Waals surface area contributed by atoms with Crippen LogP contribution in [0.25, 0.3) is 0 Å². The van der Waals surface area contributed by atoms with Gasteiger partial charge in [-0.25, -0.2) is 0 Å². The average molecular weight is 225 g/mol. The Morgan fingerprint density at radius 1 is 1.00 bits per heavy atom. The van der Waals surface area contributed by atoms with Crippen molar-refractivity contribution in [2.24, 2.45) is 5.92 Å². The summed E-state index contributed by atoms with van der Waals surface area (Å²) in [6, 6.07) is 0.413. The molecule has 0 spiro atoms. The van der Waals surface area contributed by atoms with Crippen LogP contribution < -0.4 is 0 Å². The second-order valence-corrected chi connectivity index (χ2v) is 4.49. The molecule has 1 amide bonds. The zero-order valence-corrected chi connectivity index (χ0v) is 10.7. The lowest BCUT2D eigenvalue weighted by Crippen LogP contribution is -2.36. The molecule has 1 heterocycles. The van der Waals surface area contributed by atoms with Crippen molar-refractivity contribution in [3.8, 4) is 0 Å². The highest BCUT2D eigenvalue weighted by Crippen LogP contribution is 2.32. The number of Topliss-reactive ketones (excluding diaryl/α,β-unsaturated/α-hetero) is 1. The molecule has 0 aromatic heterocycles. The van der Waals surface area contributed by atoms with Crippen molar-refractivity contribution < 1.29 is 9.59 Å². The molecule has 0 radical (unpaired) electrons. The topological polar surface area (TPSA) is 37.4 Å². The second kappa shape index (κ2) is 6.02. The van der Waals surface area contributed by atoms with Gasteiger partial charge in [-0.2, -0.15) is 0 Å². The minimum absolute atomic E-state index is 0.270. The Kier molecular flexibility index (Phi) is 4.97. The minimum atomic E-state index is 0.270. The molecule has 1 saturated carbocycles. The predicted molar refractivity (Wildman–Crippen MR) is 64.1 cm³/mol. The van der Waals surface area contributed by atoms with Crippen molar-refractivity contribution >= 4 is 11.7 Å². The van der Waals surface area contributed by atoms with Gasteiger partial charge in [0.25, 0.3) is 0 Å². The van der Waals surface area contributed by atoms with E-state index in [1.54, 1.807) is 0 Å². The van der Waals surface area contributed by atoms with E-state index in [-0.39, 0.29) is 5.91 Å². The number of ketones is 1. The number of amides is 1. The Balaban J connectivity index is 0.000000606. The van der Waals surface area contributed by atoms with Gasteiger partial charge in [0.15, 0.2) is 0 Å². The Labute approximate surface area is 98.2 Å². The van der Waals surface area contributed by atoms with Crippen LogP contribution in [0.3, 0.4) is 0 Å². The molecule has 2 aliphatic rings. The van der Waals surface area contributed by atoms with Gasteiger partial charge in [-0.15, -0.1) is 0 Å². The summed E-state index contributed by atoms with van der Waals surface area (Å²) >= 11 is 0. The third kappa shape index (κ3) is 2.83. The highest BCUT2D eigenvalue weighted by atomic mass is 16.2. The number of rotatable bonds is 1. The Morgan fingerprint density at radius 2 is 1.56 bits per heavy atom. The van der Waals surface area contributed by atoms with Gasteiger partial charge in [0, 0.05) is 32.4 Å². The summed E-state index contributed by atoms with van der Waals surface area (Å²) in [7, 11) is 1.90. The molecule has 3 nitrogen and oxygen atoms in total. The average Bonchev–Trinajstić information content (AvgIpc) is 2.64. The highest BCUT2D eigenvalue weighted by Gasteiger charge is 2.35. The first kappa shape index (κ1) is 13.2. The van der Waals surface area contributed by atoms with Crippen molar-refractivity contribution in [2.75, 3.05) is 7.05 Å². The molecule has 2 fully saturated rings. The standard InChI is InChI=1S/C11H17NO2.C2H6/c1-12-10(6-7-11(12)14)8-2-4-9(13)5-3-8;1-2/h8,10H,2-7H2,1H3;1-2H3. The summed E-state index contributed by atoms with van der Waals surface area (Å²) in [6.07, 6.45) is 5.12. The first-order valence-corrected chi connectivity index (χ1v) is 6.46. The van der Waals surface area contributed by atoms with Gasteiger partial charge in [-0.3, -0.25) is 9.59 Å². The van der Waals surface area contributed by atoms with Crippen molar-refractivity contribution in [1.29, 1.82) is 0 Å². The lowest BCUT2D eigenvalue weighted by molar-refractivity contribution is -0.128. The van der Waals surface area contributed by atoms with E-state index in [9.17, 15) is 9.59 Å². The van der Waals surface area contributed by atoms with Crippen molar-refractivity contribution in [2.45, 2.75) is 58.4 Å². The smallest absolute Gasteiger partial charge is 0.222 e. The number of carbonyl (C=O) groups is 2. The fourth-order valence-electron chi connectivity index (χ4n) is 2.73. The third-order valence-corrected chi connectivity index (χ3v) is 3.68. The summed E-state index contributed by atoms with van der Waals surface area (Å²) in [5.41, 5.74) is 0. The molecule has 0 aromatic rings. The normalized spacial score (nSPS) is 26.7. The van der Waals surface area contributed by atoms with Crippen LogP contribution in [0.5, 0.6) is 0 Å². The molecule has 1 aliphatic carbocycles. The maximum absolute atomic E-state index is 11.4. The van der Waals surface area contributed by atoms with Crippen molar-refractivity contribution in [1.82, 2.24) is 4.90 Å². The van der Waals surface area contributed by atoms with E-state index >= 15 is 0 Å². The molecule has 1 saturated heterocycles. The zero-order valence-electron chi connectivity index (χ0n) is 10.7. The summed E-state index contributed by atoms with van der Waals surface area (Å²) in [4.78, 5) is 24.3. The molecule has 16 heavy (non-hydrogen) atoms. The quantitative estimate of drug-likeness (QED) is 0.687. The van der Waals surface area contributed by atoms with Crippen LogP contribution in [0, 0.1) is 5.92 Å². The Hall–Kier alpha value is -0.860. The molecular weight excluding hydrogens is 202 g/mol. The van der Waals surface area contributed by atoms with Gasteiger partial charge in [-0.1, -0.05) is 13.8 Å². The fourth-order valence-corrected chi connectivity index (χ4v) is 2.73. The van der Waals surface area contributed by atoms with Gasteiger partial charge in [0.05, 0.1) is 0 Å². The number of nitrogens with zero attached hydrogens (tertiary/aromatic N) is 1. The summed E-state index contributed by atoms with van der Waals surface area (Å²) < 4.78 is 0.